The molecule has 0 aliphatic rings. The van der Waals surface area contributed by atoms with Crippen molar-refractivity contribution in [2.75, 3.05) is 29.1 Å². The average molecular weight is 240 g/mol. The zero-order valence-corrected chi connectivity index (χ0v) is 9.74. The molecule has 0 atom stereocenters. The van der Waals surface area contributed by atoms with E-state index >= 15 is 0 Å². The van der Waals surface area contributed by atoms with Crippen molar-refractivity contribution in [1.29, 1.82) is 0 Å². The Morgan fingerprint density at radius 3 is 1.94 bits per heavy atom. The Morgan fingerprint density at radius 1 is 1.06 bits per heavy atom. The second-order valence-corrected chi connectivity index (χ2v) is 2.98. The highest BCUT2D eigenvalue weighted by Crippen LogP contribution is 2.07. The number of amides is 2. The van der Waals surface area contributed by atoms with Gasteiger partial charge in [0.25, 0.3) is 0 Å². The lowest BCUT2D eigenvalue weighted by Gasteiger charge is -2.09. The maximum absolute atomic E-state index is 10.5. The fourth-order valence-corrected chi connectivity index (χ4v) is 1.02. The fraction of sp³-hybridized carbons (Fsp3) is 0.500. The molecule has 0 fully saturated rings. The zero-order chi connectivity index (χ0) is 12.7. The maximum atomic E-state index is 10.5. The monoisotopic (exact) mass is 240 g/mol. The van der Waals surface area contributed by atoms with Gasteiger partial charge in [-0.1, -0.05) is 0 Å². The summed E-state index contributed by atoms with van der Waals surface area (Å²) in [6.45, 7) is 5.20. The lowest BCUT2D eigenvalue weighted by Crippen LogP contribution is -2.35. The van der Waals surface area contributed by atoms with E-state index in [-0.39, 0.29) is 5.95 Å². The number of carbonyl (C=O) groups is 1. The van der Waals surface area contributed by atoms with E-state index in [4.69, 9.17) is 5.73 Å². The lowest BCUT2D eigenvalue weighted by atomic mass is 10.7. The number of primary amides is 1. The first kappa shape index (κ1) is 12.7. The number of anilines is 3. The number of hydrogen-bond acceptors (Lipinski definition) is 7. The highest BCUT2D eigenvalue weighted by Gasteiger charge is 2.05. The van der Waals surface area contributed by atoms with Crippen LogP contribution in [0.5, 0.6) is 0 Å². The normalized spacial score (nSPS) is 9.53. The van der Waals surface area contributed by atoms with Crippen LogP contribution in [0.4, 0.5) is 22.6 Å². The molecule has 9 nitrogen and oxygen atoms in total. The van der Waals surface area contributed by atoms with Crippen LogP contribution < -0.4 is 27.2 Å². The number of nitrogens with two attached hydrogens (primary N) is 1. The van der Waals surface area contributed by atoms with Gasteiger partial charge in [0.2, 0.25) is 17.8 Å². The van der Waals surface area contributed by atoms with E-state index in [0.29, 0.717) is 25.0 Å². The number of nitrogens with zero attached hydrogens (tertiary/aromatic N) is 3. The molecule has 94 valence electrons. The Hall–Kier alpha value is -2.32. The summed E-state index contributed by atoms with van der Waals surface area (Å²) in [6, 6.07) is -0.722. The highest BCUT2D eigenvalue weighted by atomic mass is 16.2. The molecule has 17 heavy (non-hydrogen) atoms. The molecule has 0 bridgehead atoms. The zero-order valence-electron chi connectivity index (χ0n) is 9.74. The molecule has 0 aliphatic carbocycles. The SMILES string of the molecule is CCNc1nc(NCC)nc(NNC(N)=O)n1. The molecule has 9 heteroatoms. The molecule has 1 rings (SSSR count). The van der Waals surface area contributed by atoms with E-state index < -0.39 is 6.03 Å². The Balaban J connectivity index is 2.82. The Kier molecular flexibility index (Phi) is 4.73. The standard InChI is InChI=1S/C8H16N8O/c1-3-10-6-12-7(11-4-2)14-8(13-6)16-15-5(9)17/h3-4H2,1-2H3,(H3,9,15,17)(H3,10,11,12,13,14,16). The fourth-order valence-electron chi connectivity index (χ4n) is 1.02. The summed E-state index contributed by atoms with van der Waals surface area (Å²) in [5.41, 5.74) is 9.57. The third kappa shape index (κ3) is 4.36. The van der Waals surface area contributed by atoms with Gasteiger partial charge in [-0.25, -0.2) is 10.2 Å². The van der Waals surface area contributed by atoms with Crippen LogP contribution in [-0.2, 0) is 0 Å². The Morgan fingerprint density at radius 2 is 1.53 bits per heavy atom. The minimum absolute atomic E-state index is 0.200. The van der Waals surface area contributed by atoms with Gasteiger partial charge in [0.1, 0.15) is 0 Å². The molecule has 0 unspecified atom stereocenters. The van der Waals surface area contributed by atoms with Crippen molar-refractivity contribution >= 4 is 23.9 Å². The quantitative estimate of drug-likeness (QED) is 0.433. The topological polar surface area (TPSA) is 130 Å². The number of rotatable bonds is 6. The van der Waals surface area contributed by atoms with Crippen LogP contribution in [0.15, 0.2) is 0 Å². The van der Waals surface area contributed by atoms with Crippen molar-refractivity contribution < 1.29 is 4.79 Å². The molecule has 1 aromatic rings. The number of aromatic nitrogens is 3. The number of hydrazine groups is 1. The van der Waals surface area contributed by atoms with Crippen LogP contribution >= 0.6 is 0 Å². The smallest absolute Gasteiger partial charge is 0.330 e. The van der Waals surface area contributed by atoms with E-state index in [0.717, 1.165) is 0 Å². The van der Waals surface area contributed by atoms with Crippen molar-refractivity contribution in [2.24, 2.45) is 5.73 Å². The van der Waals surface area contributed by atoms with E-state index in [2.05, 4.69) is 36.4 Å². The first-order valence-electron chi connectivity index (χ1n) is 5.21. The summed E-state index contributed by atoms with van der Waals surface area (Å²) in [4.78, 5) is 22.7. The number of urea groups is 1. The lowest BCUT2D eigenvalue weighted by molar-refractivity contribution is 0.250. The summed E-state index contributed by atoms with van der Waals surface area (Å²) >= 11 is 0. The van der Waals surface area contributed by atoms with Gasteiger partial charge in [-0.05, 0) is 13.8 Å². The average Bonchev–Trinajstić information content (AvgIpc) is 2.27. The van der Waals surface area contributed by atoms with Crippen LogP contribution in [0.25, 0.3) is 0 Å². The van der Waals surface area contributed by atoms with E-state index in [1.54, 1.807) is 0 Å². The molecule has 1 aromatic heterocycles. The molecule has 0 saturated carbocycles. The van der Waals surface area contributed by atoms with Gasteiger partial charge in [-0.3, -0.25) is 5.43 Å². The van der Waals surface area contributed by atoms with Crippen molar-refractivity contribution in [2.45, 2.75) is 13.8 Å². The summed E-state index contributed by atoms with van der Waals surface area (Å²) in [6.07, 6.45) is 0. The molecule has 0 aromatic carbocycles. The largest absolute Gasteiger partial charge is 0.354 e. The number of nitrogens with one attached hydrogen (secondary N) is 4. The molecule has 0 saturated heterocycles. The van der Waals surface area contributed by atoms with Crippen LogP contribution in [0.3, 0.4) is 0 Å². The summed E-state index contributed by atoms with van der Waals surface area (Å²) in [5, 5.41) is 5.90. The molecule has 0 spiro atoms. The number of carbonyl (C=O) groups excluding carboxylic acids is 1. The summed E-state index contributed by atoms with van der Waals surface area (Å²) < 4.78 is 0. The van der Waals surface area contributed by atoms with Gasteiger partial charge >= 0.3 is 6.03 Å². The second kappa shape index (κ2) is 6.30. The van der Waals surface area contributed by atoms with E-state index in [1.165, 1.54) is 0 Å². The van der Waals surface area contributed by atoms with Gasteiger partial charge in [0.05, 0.1) is 0 Å². The minimum atomic E-state index is -0.722. The van der Waals surface area contributed by atoms with Gasteiger partial charge in [0, 0.05) is 13.1 Å². The third-order valence-corrected chi connectivity index (χ3v) is 1.60. The van der Waals surface area contributed by atoms with Crippen LogP contribution in [0.1, 0.15) is 13.8 Å². The van der Waals surface area contributed by atoms with Crippen molar-refractivity contribution in [3.05, 3.63) is 0 Å². The van der Waals surface area contributed by atoms with Crippen molar-refractivity contribution in [3.63, 3.8) is 0 Å². The van der Waals surface area contributed by atoms with Crippen LogP contribution in [0, 0.1) is 0 Å². The van der Waals surface area contributed by atoms with E-state index in [1.807, 2.05) is 13.8 Å². The first-order valence-corrected chi connectivity index (χ1v) is 5.21. The Bertz CT molecular complexity index is 358. The molecule has 6 N–H and O–H groups in total. The second-order valence-electron chi connectivity index (χ2n) is 2.98. The maximum Gasteiger partial charge on any atom is 0.330 e. The van der Waals surface area contributed by atoms with Crippen molar-refractivity contribution in [1.82, 2.24) is 20.4 Å². The molecule has 0 aliphatic heterocycles. The summed E-state index contributed by atoms with van der Waals surface area (Å²) in [7, 11) is 0. The first-order chi connectivity index (χ1) is 8.15. The van der Waals surface area contributed by atoms with Crippen LogP contribution in [-0.4, -0.2) is 34.1 Å². The molecule has 2 amide bonds. The highest BCUT2D eigenvalue weighted by molar-refractivity contribution is 5.72. The summed E-state index contributed by atoms with van der Waals surface area (Å²) in [5.74, 6) is 1.02. The molecular formula is C8H16N8O. The predicted molar refractivity (Wildman–Crippen MR) is 64.5 cm³/mol. The molecule has 0 radical (unpaired) electrons. The Labute approximate surface area is 98.6 Å². The van der Waals surface area contributed by atoms with E-state index in [9.17, 15) is 4.79 Å². The number of hydrogen-bond donors (Lipinski definition) is 5. The van der Waals surface area contributed by atoms with Gasteiger partial charge < -0.3 is 16.4 Å². The van der Waals surface area contributed by atoms with Gasteiger partial charge in [-0.15, -0.1) is 0 Å². The van der Waals surface area contributed by atoms with Gasteiger partial charge in [-0.2, -0.15) is 15.0 Å². The van der Waals surface area contributed by atoms with Crippen molar-refractivity contribution in [3.8, 4) is 0 Å². The predicted octanol–water partition coefficient (Wildman–Crippen LogP) is -0.270. The van der Waals surface area contributed by atoms with Gasteiger partial charge in [0.15, 0.2) is 0 Å². The molecule has 1 heterocycles. The minimum Gasteiger partial charge on any atom is -0.354 e. The third-order valence-electron chi connectivity index (χ3n) is 1.60. The molecular weight excluding hydrogens is 224 g/mol. The van der Waals surface area contributed by atoms with Crippen LogP contribution in [0.2, 0.25) is 0 Å².